The molecule has 0 aliphatic carbocycles. The van der Waals surface area contributed by atoms with E-state index in [1.54, 1.807) is 13.2 Å². The number of hydrogen-bond donors (Lipinski definition) is 2. The van der Waals surface area contributed by atoms with Crippen molar-refractivity contribution in [3.8, 4) is 11.5 Å². The second-order valence-corrected chi connectivity index (χ2v) is 8.96. The maximum atomic E-state index is 13.2. The van der Waals surface area contributed by atoms with Crippen LogP contribution < -0.4 is 20.1 Å². The topological polar surface area (TPSA) is 59.6 Å². The summed E-state index contributed by atoms with van der Waals surface area (Å²) in [5.74, 6) is 0.625. The van der Waals surface area contributed by atoms with Crippen LogP contribution in [0, 0.1) is 11.7 Å². The predicted octanol–water partition coefficient (Wildman–Crippen LogP) is 7.04. The highest BCUT2D eigenvalue weighted by molar-refractivity contribution is 9.10. The molecule has 0 unspecified atom stereocenters. The van der Waals surface area contributed by atoms with Gasteiger partial charge in [-0.15, -0.1) is 0 Å². The van der Waals surface area contributed by atoms with Gasteiger partial charge in [-0.25, -0.2) is 4.39 Å². The van der Waals surface area contributed by atoms with Crippen LogP contribution in [0.2, 0.25) is 5.02 Å². The first-order valence-electron chi connectivity index (χ1n) is 10.3. The molecule has 0 atom stereocenters. The van der Waals surface area contributed by atoms with E-state index in [0.29, 0.717) is 28.6 Å². The molecule has 3 aromatic carbocycles. The Morgan fingerprint density at radius 1 is 1.03 bits per heavy atom. The van der Waals surface area contributed by atoms with Crippen LogP contribution in [0.3, 0.4) is 0 Å². The molecular weight excluding hydrogens is 511 g/mol. The average molecular weight is 536 g/mol. The molecule has 8 heteroatoms. The van der Waals surface area contributed by atoms with E-state index in [-0.39, 0.29) is 18.4 Å². The smallest absolute Gasteiger partial charge is 0.226 e. The molecule has 0 radical (unpaired) electrons. The summed E-state index contributed by atoms with van der Waals surface area (Å²) in [7, 11) is 1.57. The van der Waals surface area contributed by atoms with E-state index in [9.17, 15) is 9.18 Å². The van der Waals surface area contributed by atoms with Crippen LogP contribution in [0.5, 0.6) is 11.5 Å². The number of hydrogen-bond acceptors (Lipinski definition) is 4. The summed E-state index contributed by atoms with van der Waals surface area (Å²) in [5.41, 5.74) is 3.31. The minimum absolute atomic E-state index is 0.0178. The van der Waals surface area contributed by atoms with Crippen LogP contribution >= 0.6 is 27.5 Å². The Morgan fingerprint density at radius 3 is 2.36 bits per heavy atom. The molecule has 3 aromatic rings. The summed E-state index contributed by atoms with van der Waals surface area (Å²) in [6, 6.07) is 15.4. The molecule has 0 aliphatic heterocycles. The fourth-order valence-corrected chi connectivity index (χ4v) is 3.62. The zero-order valence-corrected chi connectivity index (χ0v) is 20.9. The zero-order valence-electron chi connectivity index (χ0n) is 18.5. The Kier molecular flexibility index (Phi) is 8.58. The first-order chi connectivity index (χ1) is 15.8. The number of carbonyl (C=O) groups is 1. The van der Waals surface area contributed by atoms with Gasteiger partial charge in [-0.1, -0.05) is 47.4 Å². The Bertz CT molecular complexity index is 1120. The van der Waals surface area contributed by atoms with Gasteiger partial charge in [0.05, 0.1) is 12.1 Å². The number of rotatable bonds is 9. The third-order valence-corrected chi connectivity index (χ3v) is 5.98. The highest BCUT2D eigenvalue weighted by atomic mass is 79.9. The molecule has 0 spiro atoms. The van der Waals surface area contributed by atoms with Gasteiger partial charge in [0, 0.05) is 33.9 Å². The Labute approximate surface area is 206 Å². The number of halogens is 3. The van der Waals surface area contributed by atoms with Crippen LogP contribution in [0.25, 0.3) is 0 Å². The van der Waals surface area contributed by atoms with Gasteiger partial charge in [-0.3, -0.25) is 4.79 Å². The summed E-state index contributed by atoms with van der Waals surface area (Å²) in [5, 5.41) is 6.53. The van der Waals surface area contributed by atoms with Crippen molar-refractivity contribution in [1.29, 1.82) is 0 Å². The van der Waals surface area contributed by atoms with Crippen molar-refractivity contribution in [3.05, 3.63) is 81.0 Å². The van der Waals surface area contributed by atoms with Gasteiger partial charge in [-0.2, -0.15) is 0 Å². The molecule has 0 saturated heterocycles. The number of carbonyl (C=O) groups excluding carboxylic acids is 1. The second-order valence-electron chi connectivity index (χ2n) is 7.69. The van der Waals surface area contributed by atoms with E-state index >= 15 is 0 Å². The minimum Gasteiger partial charge on any atom is -0.493 e. The van der Waals surface area contributed by atoms with E-state index in [4.69, 9.17) is 21.1 Å². The normalized spacial score (nSPS) is 10.8. The van der Waals surface area contributed by atoms with Crippen LogP contribution in [0.4, 0.5) is 15.8 Å². The van der Waals surface area contributed by atoms with E-state index < -0.39 is 5.82 Å². The monoisotopic (exact) mass is 534 g/mol. The molecule has 5 nitrogen and oxygen atoms in total. The van der Waals surface area contributed by atoms with Crippen molar-refractivity contribution in [3.63, 3.8) is 0 Å². The molecule has 0 bridgehead atoms. The van der Waals surface area contributed by atoms with Crippen LogP contribution in [0.1, 0.15) is 25.0 Å². The van der Waals surface area contributed by atoms with Gasteiger partial charge >= 0.3 is 0 Å². The van der Waals surface area contributed by atoms with Gasteiger partial charge in [0.2, 0.25) is 5.91 Å². The van der Waals surface area contributed by atoms with E-state index in [2.05, 4.69) is 26.6 Å². The first-order valence-corrected chi connectivity index (χ1v) is 11.5. The van der Waals surface area contributed by atoms with Crippen molar-refractivity contribution >= 4 is 44.8 Å². The van der Waals surface area contributed by atoms with Crippen molar-refractivity contribution in [2.24, 2.45) is 5.92 Å². The molecule has 0 aromatic heterocycles. The number of methoxy groups -OCH3 is 1. The molecule has 174 valence electrons. The number of ether oxygens (including phenoxy) is 2. The summed E-state index contributed by atoms with van der Waals surface area (Å²) in [6.07, 6.45) is 0. The number of amides is 1. The van der Waals surface area contributed by atoms with Gasteiger partial charge in [0.25, 0.3) is 0 Å². The molecule has 2 N–H and O–H groups in total. The third kappa shape index (κ3) is 6.85. The maximum absolute atomic E-state index is 13.2. The van der Waals surface area contributed by atoms with Crippen molar-refractivity contribution < 1.29 is 18.7 Å². The number of nitrogens with one attached hydrogen (secondary N) is 2. The molecular formula is C25H25BrClFN2O3. The Hall–Kier alpha value is -2.77. The molecule has 0 saturated carbocycles. The molecule has 0 fully saturated rings. The van der Waals surface area contributed by atoms with E-state index in [1.807, 2.05) is 50.2 Å². The second kappa shape index (κ2) is 11.4. The van der Waals surface area contributed by atoms with Crippen LogP contribution in [-0.4, -0.2) is 13.0 Å². The first kappa shape index (κ1) is 24.9. The quantitative estimate of drug-likeness (QED) is 0.309. The number of anilines is 2. The highest BCUT2D eigenvalue weighted by Gasteiger charge is 2.12. The van der Waals surface area contributed by atoms with Crippen molar-refractivity contribution in [1.82, 2.24) is 0 Å². The fourth-order valence-electron chi connectivity index (χ4n) is 2.93. The van der Waals surface area contributed by atoms with Gasteiger partial charge in [0.1, 0.15) is 12.4 Å². The van der Waals surface area contributed by atoms with Crippen LogP contribution in [-0.2, 0) is 17.9 Å². The standard InChI is InChI=1S/C25H25BrClFN2O3/c1-15(2)25(31)30-20-8-6-19(7-9-20)29-13-17-10-23(32-3)24(12-21(17)26)33-14-16-4-5-18(28)11-22(16)27/h4-12,15,29H,13-14H2,1-3H3,(H,30,31). The Balaban J connectivity index is 1.65. The molecule has 1 amide bonds. The van der Waals surface area contributed by atoms with Gasteiger partial charge in [-0.05, 0) is 54.1 Å². The summed E-state index contributed by atoms with van der Waals surface area (Å²) < 4.78 is 25.5. The van der Waals surface area contributed by atoms with E-state index in [0.717, 1.165) is 21.4 Å². The predicted molar refractivity (Wildman–Crippen MR) is 134 cm³/mol. The fraction of sp³-hybridized carbons (Fsp3) is 0.240. The lowest BCUT2D eigenvalue weighted by molar-refractivity contribution is -0.118. The maximum Gasteiger partial charge on any atom is 0.226 e. The SMILES string of the molecule is COc1cc(CNc2ccc(NC(=O)C(C)C)cc2)c(Br)cc1OCc1ccc(F)cc1Cl. The summed E-state index contributed by atoms with van der Waals surface area (Å²) in [4.78, 5) is 11.8. The van der Waals surface area contributed by atoms with Crippen molar-refractivity contribution in [2.45, 2.75) is 27.0 Å². The lowest BCUT2D eigenvalue weighted by Crippen LogP contribution is -2.17. The lowest BCUT2D eigenvalue weighted by atomic mass is 10.1. The highest BCUT2D eigenvalue weighted by Crippen LogP contribution is 2.35. The lowest BCUT2D eigenvalue weighted by Gasteiger charge is -2.15. The summed E-state index contributed by atoms with van der Waals surface area (Å²) in [6.45, 7) is 4.43. The largest absolute Gasteiger partial charge is 0.493 e. The third-order valence-electron chi connectivity index (χ3n) is 4.89. The number of benzene rings is 3. The molecule has 33 heavy (non-hydrogen) atoms. The molecule has 0 heterocycles. The van der Waals surface area contributed by atoms with Crippen LogP contribution in [0.15, 0.2) is 59.1 Å². The molecule has 3 rings (SSSR count). The minimum atomic E-state index is -0.393. The van der Waals surface area contributed by atoms with E-state index in [1.165, 1.54) is 12.1 Å². The zero-order chi connectivity index (χ0) is 24.0. The molecule has 0 aliphatic rings. The Morgan fingerprint density at radius 2 is 1.73 bits per heavy atom. The van der Waals surface area contributed by atoms with Gasteiger partial charge < -0.3 is 20.1 Å². The van der Waals surface area contributed by atoms with Gasteiger partial charge in [0.15, 0.2) is 11.5 Å². The average Bonchev–Trinajstić information content (AvgIpc) is 2.78. The summed E-state index contributed by atoms with van der Waals surface area (Å²) >= 11 is 9.67. The van der Waals surface area contributed by atoms with Crippen molar-refractivity contribution in [2.75, 3.05) is 17.7 Å².